The Morgan fingerprint density at radius 2 is 2.18 bits per heavy atom. The van der Waals surface area contributed by atoms with Gasteiger partial charge < -0.3 is 4.90 Å². The first-order valence-corrected chi connectivity index (χ1v) is 8.80. The normalized spacial score (nSPS) is 16.0. The Morgan fingerprint density at radius 3 is 2.86 bits per heavy atom. The number of carbonyl (C=O) groups is 1. The third kappa shape index (κ3) is 3.95. The average molecular weight is 314 g/mol. The topological polar surface area (TPSA) is 33.2 Å². The molecule has 0 N–H and O–H groups in total. The molecule has 3 rings (SSSR count). The number of amides is 1. The Morgan fingerprint density at radius 1 is 1.36 bits per heavy atom. The maximum Gasteiger partial charge on any atom is 0.227 e. The summed E-state index contributed by atoms with van der Waals surface area (Å²) < 4.78 is 0. The summed E-state index contributed by atoms with van der Waals surface area (Å²) in [5.41, 5.74) is 2.46. The van der Waals surface area contributed by atoms with Crippen molar-refractivity contribution in [3.05, 3.63) is 52.0 Å². The average Bonchev–Trinajstić information content (AvgIpc) is 3.01. The first kappa shape index (κ1) is 15.2. The molecule has 1 aliphatic rings. The lowest BCUT2D eigenvalue weighted by molar-refractivity contribution is -0.131. The Hall–Kier alpha value is -1.68. The quantitative estimate of drug-likeness (QED) is 0.865. The Kier molecular flexibility index (Phi) is 4.88. The van der Waals surface area contributed by atoms with Crippen molar-refractivity contribution < 1.29 is 4.79 Å². The van der Waals surface area contributed by atoms with E-state index >= 15 is 0 Å². The molecular weight excluding hydrogens is 292 g/mol. The zero-order valence-electron chi connectivity index (χ0n) is 13.0. The van der Waals surface area contributed by atoms with Crippen molar-refractivity contribution in [2.75, 3.05) is 13.1 Å². The van der Waals surface area contributed by atoms with Gasteiger partial charge in [0.2, 0.25) is 5.91 Å². The Balaban J connectivity index is 1.49. The fourth-order valence-electron chi connectivity index (χ4n) is 3.13. The molecule has 1 amide bonds. The fourth-order valence-corrected chi connectivity index (χ4v) is 3.82. The molecule has 2 aromatic heterocycles. The van der Waals surface area contributed by atoms with Gasteiger partial charge in [-0.3, -0.25) is 9.78 Å². The number of thiophene rings is 1. The second-order valence-corrected chi connectivity index (χ2v) is 7.12. The van der Waals surface area contributed by atoms with Crippen molar-refractivity contribution in [3.63, 3.8) is 0 Å². The molecule has 3 nitrogen and oxygen atoms in total. The summed E-state index contributed by atoms with van der Waals surface area (Å²) in [6.07, 6.45) is 5.78. The molecule has 0 aliphatic carbocycles. The standard InChI is InChI=1S/C18H22N2OS/c1-14-11-16(4-7-19-14)12-15-5-8-20(9-6-15)18(21)13-17-3-2-10-22-17/h2-4,7,10-11,15H,5-6,8-9,12-13H2,1H3. The number of hydrogen-bond donors (Lipinski definition) is 0. The predicted octanol–water partition coefficient (Wildman–Crippen LogP) is 3.48. The SMILES string of the molecule is Cc1cc(CC2CCN(C(=O)Cc3cccs3)CC2)ccn1. The van der Waals surface area contributed by atoms with Gasteiger partial charge in [-0.15, -0.1) is 11.3 Å². The van der Waals surface area contributed by atoms with Gasteiger partial charge in [0.05, 0.1) is 6.42 Å². The van der Waals surface area contributed by atoms with Gasteiger partial charge in [0.1, 0.15) is 0 Å². The molecule has 1 saturated heterocycles. The Bertz CT molecular complexity index is 616. The van der Waals surface area contributed by atoms with E-state index in [1.165, 1.54) is 10.4 Å². The van der Waals surface area contributed by atoms with Crippen LogP contribution in [0.5, 0.6) is 0 Å². The highest BCUT2D eigenvalue weighted by atomic mass is 32.1. The monoisotopic (exact) mass is 314 g/mol. The number of aryl methyl sites for hydroxylation is 1. The molecule has 116 valence electrons. The van der Waals surface area contributed by atoms with E-state index in [-0.39, 0.29) is 5.91 Å². The lowest BCUT2D eigenvalue weighted by atomic mass is 9.90. The van der Waals surface area contributed by atoms with Crippen LogP contribution in [-0.2, 0) is 17.6 Å². The van der Waals surface area contributed by atoms with Crippen LogP contribution in [0.2, 0.25) is 0 Å². The number of piperidine rings is 1. The van der Waals surface area contributed by atoms with E-state index in [0.717, 1.165) is 38.0 Å². The van der Waals surface area contributed by atoms with E-state index in [4.69, 9.17) is 0 Å². The first-order chi connectivity index (χ1) is 10.7. The van der Waals surface area contributed by atoms with Crippen molar-refractivity contribution in [2.24, 2.45) is 5.92 Å². The number of rotatable bonds is 4. The molecule has 3 heterocycles. The van der Waals surface area contributed by atoms with Gasteiger partial charge in [0, 0.05) is 29.9 Å². The molecule has 0 bridgehead atoms. The molecule has 4 heteroatoms. The summed E-state index contributed by atoms with van der Waals surface area (Å²) in [7, 11) is 0. The van der Waals surface area contributed by atoms with E-state index in [2.05, 4.69) is 17.1 Å². The molecule has 1 aliphatic heterocycles. The second-order valence-electron chi connectivity index (χ2n) is 6.09. The minimum Gasteiger partial charge on any atom is -0.342 e. The van der Waals surface area contributed by atoms with Crippen LogP contribution < -0.4 is 0 Å². The molecule has 0 unspecified atom stereocenters. The summed E-state index contributed by atoms with van der Waals surface area (Å²) in [6.45, 7) is 3.84. The van der Waals surface area contributed by atoms with E-state index in [1.807, 2.05) is 35.5 Å². The number of aromatic nitrogens is 1. The van der Waals surface area contributed by atoms with Gasteiger partial charge in [-0.25, -0.2) is 0 Å². The van der Waals surface area contributed by atoms with Gasteiger partial charge in [-0.05, 0) is 61.2 Å². The number of likely N-dealkylation sites (tertiary alicyclic amines) is 1. The molecule has 0 radical (unpaired) electrons. The Labute approximate surface area is 136 Å². The van der Waals surface area contributed by atoms with Crippen molar-refractivity contribution in [1.29, 1.82) is 0 Å². The number of hydrogen-bond acceptors (Lipinski definition) is 3. The van der Waals surface area contributed by atoms with Gasteiger partial charge in [0.15, 0.2) is 0 Å². The second kappa shape index (κ2) is 7.05. The smallest absolute Gasteiger partial charge is 0.227 e. The summed E-state index contributed by atoms with van der Waals surface area (Å²) in [5, 5.41) is 2.03. The first-order valence-electron chi connectivity index (χ1n) is 7.92. The van der Waals surface area contributed by atoms with Crippen molar-refractivity contribution >= 4 is 17.2 Å². The van der Waals surface area contributed by atoms with Crippen LogP contribution in [0.3, 0.4) is 0 Å². The largest absolute Gasteiger partial charge is 0.342 e. The lowest BCUT2D eigenvalue weighted by Crippen LogP contribution is -2.39. The van der Waals surface area contributed by atoms with Crippen molar-refractivity contribution in [3.8, 4) is 0 Å². The van der Waals surface area contributed by atoms with Crippen LogP contribution in [0.25, 0.3) is 0 Å². The molecule has 2 aromatic rings. The van der Waals surface area contributed by atoms with Gasteiger partial charge >= 0.3 is 0 Å². The van der Waals surface area contributed by atoms with Crippen LogP contribution in [0, 0.1) is 12.8 Å². The molecule has 0 saturated carbocycles. The van der Waals surface area contributed by atoms with Crippen LogP contribution in [-0.4, -0.2) is 28.9 Å². The molecule has 22 heavy (non-hydrogen) atoms. The molecule has 0 aromatic carbocycles. The van der Waals surface area contributed by atoms with Gasteiger partial charge in [-0.2, -0.15) is 0 Å². The maximum absolute atomic E-state index is 12.3. The number of nitrogens with zero attached hydrogens (tertiary/aromatic N) is 2. The summed E-state index contributed by atoms with van der Waals surface area (Å²) >= 11 is 1.67. The predicted molar refractivity (Wildman–Crippen MR) is 90.0 cm³/mol. The fraction of sp³-hybridized carbons (Fsp3) is 0.444. The summed E-state index contributed by atoms with van der Waals surface area (Å²) in [4.78, 5) is 19.8. The minimum atomic E-state index is 0.278. The highest BCUT2D eigenvalue weighted by molar-refractivity contribution is 7.10. The lowest BCUT2D eigenvalue weighted by Gasteiger charge is -2.32. The highest BCUT2D eigenvalue weighted by Gasteiger charge is 2.23. The van der Waals surface area contributed by atoms with E-state index in [9.17, 15) is 4.79 Å². The number of pyridine rings is 1. The number of carbonyl (C=O) groups excluding carboxylic acids is 1. The highest BCUT2D eigenvalue weighted by Crippen LogP contribution is 2.22. The van der Waals surface area contributed by atoms with E-state index in [1.54, 1.807) is 11.3 Å². The molecular formula is C18H22N2OS. The van der Waals surface area contributed by atoms with Crippen LogP contribution in [0.15, 0.2) is 35.8 Å². The molecule has 1 fully saturated rings. The van der Waals surface area contributed by atoms with Gasteiger partial charge in [-0.1, -0.05) is 6.07 Å². The van der Waals surface area contributed by atoms with Crippen LogP contribution in [0.4, 0.5) is 0 Å². The van der Waals surface area contributed by atoms with Gasteiger partial charge in [0.25, 0.3) is 0 Å². The molecule has 0 spiro atoms. The zero-order valence-corrected chi connectivity index (χ0v) is 13.8. The van der Waals surface area contributed by atoms with Crippen LogP contribution in [0.1, 0.15) is 29.0 Å². The van der Waals surface area contributed by atoms with Crippen molar-refractivity contribution in [1.82, 2.24) is 9.88 Å². The molecule has 0 atom stereocenters. The third-order valence-corrected chi connectivity index (χ3v) is 5.23. The van der Waals surface area contributed by atoms with Crippen molar-refractivity contribution in [2.45, 2.75) is 32.6 Å². The minimum absolute atomic E-state index is 0.278. The summed E-state index contributed by atoms with van der Waals surface area (Å²) in [5.74, 6) is 0.966. The third-order valence-electron chi connectivity index (χ3n) is 4.36. The summed E-state index contributed by atoms with van der Waals surface area (Å²) in [6, 6.07) is 8.34. The zero-order chi connectivity index (χ0) is 15.4. The van der Waals surface area contributed by atoms with E-state index in [0.29, 0.717) is 12.3 Å². The maximum atomic E-state index is 12.3. The van der Waals surface area contributed by atoms with E-state index < -0.39 is 0 Å². The van der Waals surface area contributed by atoms with Crippen LogP contribution >= 0.6 is 11.3 Å².